The van der Waals surface area contributed by atoms with Gasteiger partial charge in [-0.2, -0.15) is 4.98 Å². The average molecular weight is 399 g/mol. The summed E-state index contributed by atoms with van der Waals surface area (Å²) < 4.78 is 20.9. The Labute approximate surface area is 169 Å². The predicted molar refractivity (Wildman–Crippen MR) is 106 cm³/mol. The van der Waals surface area contributed by atoms with Gasteiger partial charge in [0.1, 0.15) is 5.82 Å². The lowest BCUT2D eigenvalue weighted by molar-refractivity contribution is -0.122. The zero-order valence-corrected chi connectivity index (χ0v) is 17.1. The minimum Gasteiger partial charge on any atom is -0.351 e. The summed E-state index contributed by atoms with van der Waals surface area (Å²) >= 11 is 0. The highest BCUT2D eigenvalue weighted by atomic mass is 19.1. The molecular weight excluding hydrogens is 373 g/mol. The molecule has 1 aromatic carbocycles. The van der Waals surface area contributed by atoms with E-state index in [1.807, 2.05) is 10.8 Å². The number of halogens is 1. The van der Waals surface area contributed by atoms with Crippen LogP contribution in [-0.2, 0) is 17.8 Å². The van der Waals surface area contributed by atoms with E-state index in [1.165, 1.54) is 6.07 Å². The van der Waals surface area contributed by atoms with Crippen molar-refractivity contribution >= 4 is 5.91 Å². The van der Waals surface area contributed by atoms with Crippen LogP contribution in [0.2, 0.25) is 0 Å². The number of rotatable bonds is 7. The van der Waals surface area contributed by atoms with Gasteiger partial charge in [-0.05, 0) is 24.0 Å². The molecular formula is C21H26FN5O2. The number of hydrogen-bond acceptors (Lipinski definition) is 5. The second-order valence-electron chi connectivity index (χ2n) is 8.22. The maximum atomic E-state index is 13.7. The smallest absolute Gasteiger partial charge is 0.227 e. The number of nitrogens with one attached hydrogen (secondary N) is 1. The molecule has 1 N–H and O–H groups in total. The van der Waals surface area contributed by atoms with Crippen LogP contribution in [0.15, 0.2) is 41.4 Å². The van der Waals surface area contributed by atoms with E-state index in [2.05, 4.69) is 41.2 Å². The van der Waals surface area contributed by atoms with Crippen molar-refractivity contribution in [3.63, 3.8) is 0 Å². The summed E-state index contributed by atoms with van der Waals surface area (Å²) in [4.78, 5) is 20.8. The molecule has 0 saturated carbocycles. The zero-order valence-electron chi connectivity index (χ0n) is 17.1. The van der Waals surface area contributed by atoms with Crippen LogP contribution >= 0.6 is 0 Å². The van der Waals surface area contributed by atoms with Gasteiger partial charge < -0.3 is 14.4 Å². The summed E-state index contributed by atoms with van der Waals surface area (Å²) in [5.74, 6) is 0.246. The lowest BCUT2D eigenvalue weighted by Gasteiger charge is -2.31. The molecule has 0 bridgehead atoms. The lowest BCUT2D eigenvalue weighted by Crippen LogP contribution is -2.46. The van der Waals surface area contributed by atoms with E-state index in [9.17, 15) is 9.18 Å². The summed E-state index contributed by atoms with van der Waals surface area (Å²) in [5, 5.41) is 6.98. The summed E-state index contributed by atoms with van der Waals surface area (Å²) in [7, 11) is 0. The zero-order chi connectivity index (χ0) is 21.0. The van der Waals surface area contributed by atoms with Crippen molar-refractivity contribution in [3.05, 3.63) is 54.2 Å². The highest BCUT2D eigenvalue weighted by molar-refractivity contribution is 5.76. The third-order valence-corrected chi connectivity index (χ3v) is 4.80. The molecule has 7 nitrogen and oxygen atoms in total. The Hall–Kier alpha value is -3.03. The van der Waals surface area contributed by atoms with Crippen LogP contribution in [-0.4, -0.2) is 31.6 Å². The standard InChI is InChI=1S/C21H26FN5O2/c1-14-5-6-15(11-16(14)22)20-25-19(29-26-20)8-7-18(28)24-17(21(2,3)4)12-27-10-9-23-13-27/h5-6,9-11,13,17H,7-8,12H2,1-4H3,(H,24,28)/t17-/m1/s1. The first kappa shape index (κ1) is 20.7. The summed E-state index contributed by atoms with van der Waals surface area (Å²) in [5.41, 5.74) is 0.978. The second kappa shape index (κ2) is 8.55. The van der Waals surface area contributed by atoms with Gasteiger partial charge in [0.15, 0.2) is 0 Å². The van der Waals surface area contributed by atoms with E-state index in [0.29, 0.717) is 35.8 Å². The third kappa shape index (κ3) is 5.49. The summed E-state index contributed by atoms with van der Waals surface area (Å²) in [6.07, 6.45) is 5.86. The van der Waals surface area contributed by atoms with Crippen molar-refractivity contribution in [2.45, 2.75) is 53.1 Å². The fraction of sp³-hybridized carbons (Fsp3) is 0.429. The average Bonchev–Trinajstić information content (AvgIpc) is 3.33. The van der Waals surface area contributed by atoms with Crippen LogP contribution in [0.1, 0.15) is 38.6 Å². The van der Waals surface area contributed by atoms with Crippen LogP contribution in [0.3, 0.4) is 0 Å². The maximum absolute atomic E-state index is 13.7. The topological polar surface area (TPSA) is 85.8 Å². The molecule has 0 spiro atoms. The first-order valence-electron chi connectivity index (χ1n) is 9.56. The number of nitrogens with zero attached hydrogens (tertiary/aromatic N) is 4. The van der Waals surface area contributed by atoms with E-state index >= 15 is 0 Å². The molecule has 2 heterocycles. The minimum absolute atomic E-state index is 0.0574. The van der Waals surface area contributed by atoms with Gasteiger partial charge >= 0.3 is 0 Å². The lowest BCUT2D eigenvalue weighted by atomic mass is 9.86. The fourth-order valence-corrected chi connectivity index (χ4v) is 2.83. The molecule has 1 atom stereocenters. The number of aromatic nitrogens is 4. The molecule has 0 aliphatic rings. The minimum atomic E-state index is -0.320. The number of amides is 1. The molecule has 0 aliphatic heterocycles. The summed E-state index contributed by atoms with van der Waals surface area (Å²) in [6, 6.07) is 4.73. The van der Waals surface area contributed by atoms with Gasteiger partial charge in [-0.15, -0.1) is 0 Å². The Kier molecular flexibility index (Phi) is 6.10. The Morgan fingerprint density at radius 3 is 2.79 bits per heavy atom. The van der Waals surface area contributed by atoms with Crippen molar-refractivity contribution in [1.29, 1.82) is 0 Å². The fourth-order valence-electron chi connectivity index (χ4n) is 2.83. The Morgan fingerprint density at radius 2 is 2.14 bits per heavy atom. The van der Waals surface area contributed by atoms with Gasteiger partial charge in [0.25, 0.3) is 0 Å². The van der Waals surface area contributed by atoms with Gasteiger partial charge in [-0.25, -0.2) is 9.37 Å². The molecule has 29 heavy (non-hydrogen) atoms. The number of aryl methyl sites for hydroxylation is 2. The quantitative estimate of drug-likeness (QED) is 0.657. The Morgan fingerprint density at radius 1 is 1.34 bits per heavy atom. The first-order valence-corrected chi connectivity index (χ1v) is 9.56. The number of carbonyl (C=O) groups is 1. The van der Waals surface area contributed by atoms with Gasteiger partial charge in [-0.1, -0.05) is 38.1 Å². The number of imidazole rings is 1. The van der Waals surface area contributed by atoms with Crippen molar-refractivity contribution in [2.75, 3.05) is 0 Å². The largest absolute Gasteiger partial charge is 0.351 e. The molecule has 1 amide bonds. The number of carbonyl (C=O) groups excluding carboxylic acids is 1. The van der Waals surface area contributed by atoms with Crippen LogP contribution in [0.25, 0.3) is 11.4 Å². The molecule has 0 fully saturated rings. The van der Waals surface area contributed by atoms with Crippen LogP contribution in [0, 0.1) is 18.2 Å². The summed E-state index contributed by atoms with van der Waals surface area (Å²) in [6.45, 7) is 8.58. The van der Waals surface area contributed by atoms with Gasteiger partial charge in [-0.3, -0.25) is 4.79 Å². The van der Waals surface area contributed by atoms with Crippen molar-refractivity contribution in [3.8, 4) is 11.4 Å². The molecule has 8 heteroatoms. The molecule has 3 rings (SSSR count). The van der Waals surface area contributed by atoms with Crippen molar-refractivity contribution in [2.24, 2.45) is 5.41 Å². The van der Waals surface area contributed by atoms with Crippen molar-refractivity contribution in [1.82, 2.24) is 25.0 Å². The molecule has 0 unspecified atom stereocenters. The number of benzene rings is 1. The molecule has 0 saturated heterocycles. The van der Waals surface area contributed by atoms with Crippen molar-refractivity contribution < 1.29 is 13.7 Å². The molecule has 0 radical (unpaired) electrons. The van der Waals surface area contributed by atoms with Crippen LogP contribution < -0.4 is 5.32 Å². The third-order valence-electron chi connectivity index (χ3n) is 4.80. The predicted octanol–water partition coefficient (Wildman–Crippen LogP) is 3.54. The molecule has 2 aromatic heterocycles. The maximum Gasteiger partial charge on any atom is 0.227 e. The normalized spacial score (nSPS) is 12.7. The SMILES string of the molecule is Cc1ccc(-c2noc(CCC(=O)N[C@H](Cn3ccnc3)C(C)(C)C)n2)cc1F. The van der Waals surface area contributed by atoms with E-state index in [-0.39, 0.29) is 29.6 Å². The second-order valence-corrected chi connectivity index (χ2v) is 8.22. The Balaban J connectivity index is 1.58. The first-order chi connectivity index (χ1) is 13.7. The molecule has 0 aliphatic carbocycles. The number of hydrogen-bond donors (Lipinski definition) is 1. The van der Waals surface area contributed by atoms with Crippen LogP contribution in [0.5, 0.6) is 0 Å². The van der Waals surface area contributed by atoms with E-state index in [1.54, 1.807) is 31.6 Å². The van der Waals surface area contributed by atoms with Gasteiger partial charge in [0, 0.05) is 37.3 Å². The van der Waals surface area contributed by atoms with E-state index in [0.717, 1.165) is 0 Å². The van der Waals surface area contributed by atoms with E-state index in [4.69, 9.17) is 4.52 Å². The van der Waals surface area contributed by atoms with Gasteiger partial charge in [0.2, 0.25) is 17.6 Å². The van der Waals surface area contributed by atoms with Gasteiger partial charge in [0.05, 0.1) is 12.4 Å². The molecule has 3 aromatic rings. The molecule has 154 valence electrons. The monoisotopic (exact) mass is 399 g/mol. The highest BCUT2D eigenvalue weighted by Crippen LogP contribution is 2.22. The van der Waals surface area contributed by atoms with E-state index < -0.39 is 0 Å². The highest BCUT2D eigenvalue weighted by Gasteiger charge is 2.26. The van der Waals surface area contributed by atoms with Crippen LogP contribution in [0.4, 0.5) is 4.39 Å². The Bertz CT molecular complexity index is 960.